The molecule has 0 aliphatic heterocycles. The quantitative estimate of drug-likeness (QED) is 0.631. The number of rotatable bonds is 6. The first-order valence-electron chi connectivity index (χ1n) is 6.96. The molecule has 2 rings (SSSR count). The molecule has 0 heterocycles. The number of hydrazone groups is 1. The maximum absolute atomic E-state index is 11.8. The second-order valence-electron chi connectivity index (χ2n) is 4.58. The van der Waals surface area contributed by atoms with Gasteiger partial charge in [0.15, 0.2) is 0 Å². The van der Waals surface area contributed by atoms with E-state index in [1.807, 2.05) is 36.4 Å². The highest BCUT2D eigenvalue weighted by Crippen LogP contribution is 1.97. The lowest BCUT2D eigenvalue weighted by atomic mass is 10.2. The van der Waals surface area contributed by atoms with Crippen molar-refractivity contribution in [3.05, 3.63) is 71.8 Å². The van der Waals surface area contributed by atoms with Crippen LogP contribution in [-0.4, -0.2) is 24.6 Å². The van der Waals surface area contributed by atoms with E-state index in [2.05, 4.69) is 15.8 Å². The van der Waals surface area contributed by atoms with Crippen molar-refractivity contribution in [1.29, 1.82) is 0 Å². The van der Waals surface area contributed by atoms with Gasteiger partial charge in [0.1, 0.15) is 0 Å². The summed E-state index contributed by atoms with van der Waals surface area (Å²) < 4.78 is 0. The Bertz CT molecular complexity index is 639. The van der Waals surface area contributed by atoms with Crippen LogP contribution in [0.4, 0.5) is 0 Å². The Morgan fingerprint density at radius 1 is 0.955 bits per heavy atom. The van der Waals surface area contributed by atoms with E-state index in [9.17, 15) is 9.59 Å². The average molecular weight is 295 g/mol. The van der Waals surface area contributed by atoms with Crippen molar-refractivity contribution in [2.24, 2.45) is 5.10 Å². The smallest absolute Gasteiger partial charge is 0.251 e. The normalized spacial score (nSPS) is 10.4. The molecule has 0 atom stereocenters. The third-order valence-corrected chi connectivity index (χ3v) is 2.88. The van der Waals surface area contributed by atoms with Gasteiger partial charge < -0.3 is 5.32 Å². The summed E-state index contributed by atoms with van der Waals surface area (Å²) in [5.41, 5.74) is 3.90. The molecule has 2 amide bonds. The highest BCUT2D eigenvalue weighted by molar-refractivity contribution is 5.94. The van der Waals surface area contributed by atoms with E-state index in [1.165, 1.54) is 0 Å². The van der Waals surface area contributed by atoms with Gasteiger partial charge in [0.05, 0.1) is 6.21 Å². The highest BCUT2D eigenvalue weighted by atomic mass is 16.2. The predicted molar refractivity (Wildman–Crippen MR) is 85.6 cm³/mol. The molecule has 0 aliphatic rings. The van der Waals surface area contributed by atoms with Crippen molar-refractivity contribution in [3.8, 4) is 0 Å². The topological polar surface area (TPSA) is 70.6 Å². The fourth-order valence-corrected chi connectivity index (χ4v) is 1.75. The third-order valence-electron chi connectivity index (χ3n) is 2.88. The summed E-state index contributed by atoms with van der Waals surface area (Å²) in [4.78, 5) is 23.3. The van der Waals surface area contributed by atoms with Gasteiger partial charge in [0.25, 0.3) is 5.91 Å². The van der Waals surface area contributed by atoms with Crippen LogP contribution in [0.5, 0.6) is 0 Å². The molecule has 0 unspecified atom stereocenters. The molecule has 0 aromatic heterocycles. The lowest BCUT2D eigenvalue weighted by molar-refractivity contribution is -0.120. The summed E-state index contributed by atoms with van der Waals surface area (Å²) in [5.74, 6) is -0.443. The minimum absolute atomic E-state index is 0.171. The third kappa shape index (κ3) is 5.20. The first kappa shape index (κ1) is 15.4. The SMILES string of the molecule is O=C(CCNC(=O)c1ccccc1)N/N=C/c1ccccc1. The van der Waals surface area contributed by atoms with Gasteiger partial charge in [-0.05, 0) is 17.7 Å². The van der Waals surface area contributed by atoms with Crippen LogP contribution in [0.15, 0.2) is 65.8 Å². The van der Waals surface area contributed by atoms with Gasteiger partial charge in [-0.25, -0.2) is 5.43 Å². The molecule has 22 heavy (non-hydrogen) atoms. The molecule has 0 bridgehead atoms. The van der Waals surface area contributed by atoms with E-state index in [1.54, 1.807) is 30.5 Å². The molecule has 0 radical (unpaired) electrons. The number of nitrogens with zero attached hydrogens (tertiary/aromatic N) is 1. The van der Waals surface area contributed by atoms with Crippen LogP contribution in [0, 0.1) is 0 Å². The van der Waals surface area contributed by atoms with Crippen LogP contribution in [0.25, 0.3) is 0 Å². The lowest BCUT2D eigenvalue weighted by Gasteiger charge is -2.04. The predicted octanol–water partition coefficient (Wildman–Crippen LogP) is 1.96. The number of nitrogens with one attached hydrogen (secondary N) is 2. The van der Waals surface area contributed by atoms with Crippen LogP contribution >= 0.6 is 0 Å². The molecule has 0 spiro atoms. The molecule has 5 heteroatoms. The zero-order chi connectivity index (χ0) is 15.6. The van der Waals surface area contributed by atoms with Gasteiger partial charge in [0, 0.05) is 18.5 Å². The minimum Gasteiger partial charge on any atom is -0.352 e. The Morgan fingerprint density at radius 3 is 2.27 bits per heavy atom. The lowest BCUT2D eigenvalue weighted by Crippen LogP contribution is -2.28. The Kier molecular flexibility index (Phi) is 5.87. The Hall–Kier alpha value is -2.95. The van der Waals surface area contributed by atoms with Gasteiger partial charge in [-0.15, -0.1) is 0 Å². The number of benzene rings is 2. The van der Waals surface area contributed by atoms with Crippen molar-refractivity contribution >= 4 is 18.0 Å². The zero-order valence-electron chi connectivity index (χ0n) is 12.0. The molecule has 0 saturated carbocycles. The van der Waals surface area contributed by atoms with Crippen molar-refractivity contribution < 1.29 is 9.59 Å². The fraction of sp³-hybridized carbons (Fsp3) is 0.118. The molecule has 2 aromatic carbocycles. The van der Waals surface area contributed by atoms with Crippen molar-refractivity contribution in [1.82, 2.24) is 10.7 Å². The fourth-order valence-electron chi connectivity index (χ4n) is 1.75. The standard InChI is InChI=1S/C17H17N3O2/c21-16(20-19-13-14-7-3-1-4-8-14)11-12-18-17(22)15-9-5-2-6-10-15/h1-10,13H,11-12H2,(H,18,22)(H,20,21)/b19-13+. The minimum atomic E-state index is -0.249. The number of hydrogen-bond acceptors (Lipinski definition) is 3. The van der Waals surface area contributed by atoms with Gasteiger partial charge >= 0.3 is 0 Å². The summed E-state index contributed by atoms with van der Waals surface area (Å²) in [6.07, 6.45) is 1.74. The second-order valence-corrected chi connectivity index (χ2v) is 4.58. The van der Waals surface area contributed by atoms with Crippen molar-refractivity contribution in [2.45, 2.75) is 6.42 Å². The van der Waals surface area contributed by atoms with Crippen molar-refractivity contribution in [3.63, 3.8) is 0 Å². The van der Waals surface area contributed by atoms with Gasteiger partial charge in [-0.3, -0.25) is 9.59 Å². The Morgan fingerprint density at radius 2 is 1.59 bits per heavy atom. The maximum Gasteiger partial charge on any atom is 0.251 e. The van der Waals surface area contributed by atoms with Gasteiger partial charge in [0.2, 0.25) is 5.91 Å². The number of amides is 2. The number of hydrogen-bond donors (Lipinski definition) is 2. The molecule has 112 valence electrons. The van der Waals surface area contributed by atoms with Gasteiger partial charge in [-0.1, -0.05) is 48.5 Å². The summed E-state index contributed by atoms with van der Waals surface area (Å²) >= 11 is 0. The second kappa shape index (κ2) is 8.36. The zero-order valence-corrected chi connectivity index (χ0v) is 12.0. The molecule has 0 saturated heterocycles. The van der Waals surface area contributed by atoms with E-state index in [4.69, 9.17) is 0 Å². The van der Waals surface area contributed by atoms with Gasteiger partial charge in [-0.2, -0.15) is 5.10 Å². The van der Waals surface area contributed by atoms with E-state index < -0.39 is 0 Å². The number of carbonyl (C=O) groups excluding carboxylic acids is 2. The van der Waals surface area contributed by atoms with Crippen molar-refractivity contribution in [2.75, 3.05) is 6.54 Å². The van der Waals surface area contributed by atoms with Crippen LogP contribution in [0.1, 0.15) is 22.3 Å². The Balaban J connectivity index is 1.68. The summed E-state index contributed by atoms with van der Waals surface area (Å²) in [6, 6.07) is 18.3. The molecule has 2 aromatic rings. The molecular formula is C17H17N3O2. The van der Waals surface area contributed by atoms with E-state index >= 15 is 0 Å². The summed E-state index contributed by atoms with van der Waals surface area (Å²) in [6.45, 7) is 0.264. The van der Waals surface area contributed by atoms with Crippen LogP contribution in [0.3, 0.4) is 0 Å². The molecule has 5 nitrogen and oxygen atoms in total. The maximum atomic E-state index is 11.8. The molecule has 0 fully saturated rings. The highest BCUT2D eigenvalue weighted by Gasteiger charge is 2.05. The van der Waals surface area contributed by atoms with Crippen LogP contribution in [-0.2, 0) is 4.79 Å². The van der Waals surface area contributed by atoms with Crippen LogP contribution in [0.2, 0.25) is 0 Å². The summed E-state index contributed by atoms with van der Waals surface area (Å²) in [7, 11) is 0. The first-order chi connectivity index (χ1) is 10.8. The monoisotopic (exact) mass is 295 g/mol. The molecular weight excluding hydrogens is 278 g/mol. The van der Waals surface area contributed by atoms with E-state index in [0.29, 0.717) is 5.56 Å². The summed E-state index contributed by atoms with van der Waals surface area (Å²) in [5, 5.41) is 6.55. The number of carbonyl (C=O) groups is 2. The Labute approximate surface area is 129 Å². The van der Waals surface area contributed by atoms with E-state index in [-0.39, 0.29) is 24.8 Å². The largest absolute Gasteiger partial charge is 0.352 e. The van der Waals surface area contributed by atoms with E-state index in [0.717, 1.165) is 5.56 Å². The molecule has 2 N–H and O–H groups in total. The molecule has 0 aliphatic carbocycles. The van der Waals surface area contributed by atoms with Crippen LogP contribution < -0.4 is 10.7 Å². The first-order valence-corrected chi connectivity index (χ1v) is 6.96. The average Bonchev–Trinajstić information content (AvgIpc) is 2.56.